The Balaban J connectivity index is 2.99. The molecule has 0 aromatic rings. The van der Waals surface area contributed by atoms with Crippen LogP contribution in [0.5, 0.6) is 0 Å². The summed E-state index contributed by atoms with van der Waals surface area (Å²) in [5.41, 5.74) is 5.23. The lowest BCUT2D eigenvalue weighted by Gasteiger charge is -2.30. The molecule has 0 saturated carbocycles. The SMILES string of the molecule is CC(C)C[C@H](NC(=O)[C@@H](NC(=O)CNC(=O)CN)C(C)C)C(=O)N[C@H](C(=O)N[C@@H](C)C(=O)N1CCC[C@H]1C(=O)NCC(=O)O)C(C)C. The molecule has 0 radical (unpaired) electrons. The molecule has 1 heterocycles. The van der Waals surface area contributed by atoms with Crippen LogP contribution in [0, 0.1) is 17.8 Å². The Morgan fingerprint density at radius 1 is 0.745 bits per heavy atom. The summed E-state index contributed by atoms with van der Waals surface area (Å²) < 4.78 is 0. The van der Waals surface area contributed by atoms with Crippen molar-refractivity contribution >= 4 is 47.3 Å². The minimum Gasteiger partial charge on any atom is -0.480 e. The number of carbonyl (C=O) groups is 8. The normalized spacial score (nSPS) is 16.9. The summed E-state index contributed by atoms with van der Waals surface area (Å²) >= 11 is 0. The highest BCUT2D eigenvalue weighted by Crippen LogP contribution is 2.19. The van der Waals surface area contributed by atoms with E-state index in [2.05, 4.69) is 31.9 Å². The minimum atomic E-state index is -1.22. The summed E-state index contributed by atoms with van der Waals surface area (Å²) in [5, 5.41) is 24.0. The van der Waals surface area contributed by atoms with Gasteiger partial charge in [0.15, 0.2) is 0 Å². The van der Waals surface area contributed by atoms with Gasteiger partial charge >= 0.3 is 5.97 Å². The molecule has 5 atom stereocenters. The fourth-order valence-corrected chi connectivity index (χ4v) is 4.96. The van der Waals surface area contributed by atoms with Gasteiger partial charge in [0.25, 0.3) is 0 Å². The monoisotopic (exact) mass is 668 g/mol. The highest BCUT2D eigenvalue weighted by atomic mass is 16.4. The molecule has 1 aliphatic rings. The Labute approximate surface area is 275 Å². The van der Waals surface area contributed by atoms with Gasteiger partial charge in [0.1, 0.15) is 36.8 Å². The average Bonchev–Trinajstić information content (AvgIpc) is 3.48. The lowest BCUT2D eigenvalue weighted by Crippen LogP contribution is -2.60. The topological polar surface area (TPSA) is 258 Å². The van der Waals surface area contributed by atoms with Gasteiger partial charge in [-0.1, -0.05) is 41.5 Å². The van der Waals surface area contributed by atoms with E-state index in [4.69, 9.17) is 10.8 Å². The Kier molecular flexibility index (Phi) is 16.8. The van der Waals surface area contributed by atoms with Crippen molar-refractivity contribution in [2.24, 2.45) is 23.5 Å². The summed E-state index contributed by atoms with van der Waals surface area (Å²) in [7, 11) is 0. The van der Waals surface area contributed by atoms with Crippen LogP contribution in [0.25, 0.3) is 0 Å². The number of carboxylic acid groups (broad SMARTS) is 1. The minimum absolute atomic E-state index is 0.0466. The standard InChI is InChI=1S/C30H52N8O9/c1-15(2)11-19(35-29(46)24(16(3)4)36-22(40)13-32-21(39)12-31)26(43)37-25(17(5)6)28(45)34-18(7)30(47)38-10-8-9-20(38)27(44)33-14-23(41)42/h15-20,24-25H,8-14,31H2,1-7H3,(H,32,39)(H,33,44)(H,34,45)(H,35,46)(H,36,40)(H,37,43)(H,41,42)/t18-,19-,20-,24-,25-/m0/s1. The van der Waals surface area contributed by atoms with E-state index in [9.17, 15) is 38.4 Å². The molecule has 1 aliphatic heterocycles. The van der Waals surface area contributed by atoms with Crippen LogP contribution in [-0.2, 0) is 38.4 Å². The summed E-state index contributed by atoms with van der Waals surface area (Å²) in [4.78, 5) is 102. The second-order valence-corrected chi connectivity index (χ2v) is 12.7. The Bertz CT molecular complexity index is 1160. The highest BCUT2D eigenvalue weighted by molar-refractivity contribution is 5.97. The maximum atomic E-state index is 13.5. The lowest BCUT2D eigenvalue weighted by molar-refractivity contribution is -0.143. The first kappa shape index (κ1) is 40.7. The molecule has 17 heteroatoms. The number of carboxylic acids is 1. The number of aliphatic carboxylic acids is 1. The summed E-state index contributed by atoms with van der Waals surface area (Å²) in [6.45, 7) is 10.9. The molecule has 1 saturated heterocycles. The molecular formula is C30H52N8O9. The van der Waals surface area contributed by atoms with Crippen LogP contribution in [0.15, 0.2) is 0 Å². The van der Waals surface area contributed by atoms with Crippen molar-refractivity contribution in [1.82, 2.24) is 36.8 Å². The molecule has 1 fully saturated rings. The quantitative estimate of drug-likeness (QED) is 0.0766. The molecule has 1 rings (SSSR count). The van der Waals surface area contributed by atoms with Crippen LogP contribution in [-0.4, -0.2) is 114 Å². The number of amides is 7. The molecule has 0 bridgehead atoms. The smallest absolute Gasteiger partial charge is 0.322 e. The van der Waals surface area contributed by atoms with Crippen LogP contribution in [0.2, 0.25) is 0 Å². The van der Waals surface area contributed by atoms with E-state index in [-0.39, 0.29) is 37.9 Å². The van der Waals surface area contributed by atoms with Gasteiger partial charge in [-0.2, -0.15) is 0 Å². The molecule has 0 aromatic carbocycles. The Morgan fingerprint density at radius 3 is 1.85 bits per heavy atom. The summed E-state index contributed by atoms with van der Waals surface area (Å²) in [5.74, 6) is -6.28. The van der Waals surface area contributed by atoms with Crippen LogP contribution in [0.3, 0.4) is 0 Å². The third kappa shape index (κ3) is 13.5. The average molecular weight is 669 g/mol. The molecule has 0 aromatic heterocycles. The number of carbonyl (C=O) groups excluding carboxylic acids is 7. The van der Waals surface area contributed by atoms with Crippen molar-refractivity contribution in [2.75, 3.05) is 26.2 Å². The lowest BCUT2D eigenvalue weighted by atomic mass is 9.98. The maximum Gasteiger partial charge on any atom is 0.322 e. The zero-order chi connectivity index (χ0) is 36.0. The maximum absolute atomic E-state index is 13.5. The predicted octanol–water partition coefficient (Wildman–Crippen LogP) is -2.43. The van der Waals surface area contributed by atoms with Gasteiger partial charge in [0.2, 0.25) is 41.4 Å². The van der Waals surface area contributed by atoms with Crippen molar-refractivity contribution in [3.05, 3.63) is 0 Å². The van der Waals surface area contributed by atoms with Gasteiger partial charge in [0.05, 0.1) is 13.1 Å². The fourth-order valence-electron chi connectivity index (χ4n) is 4.96. The molecule has 7 amide bonds. The van der Waals surface area contributed by atoms with Gasteiger partial charge < -0.3 is 47.6 Å². The Morgan fingerprint density at radius 2 is 1.32 bits per heavy atom. The number of rotatable bonds is 18. The van der Waals surface area contributed by atoms with Crippen LogP contribution in [0.4, 0.5) is 0 Å². The van der Waals surface area contributed by atoms with Crippen LogP contribution >= 0.6 is 0 Å². The van der Waals surface area contributed by atoms with E-state index in [0.29, 0.717) is 12.8 Å². The molecule has 47 heavy (non-hydrogen) atoms. The number of nitrogens with one attached hydrogen (secondary N) is 6. The van der Waals surface area contributed by atoms with E-state index < -0.39 is 90.0 Å². The van der Waals surface area contributed by atoms with E-state index >= 15 is 0 Å². The first-order valence-corrected chi connectivity index (χ1v) is 15.9. The predicted molar refractivity (Wildman–Crippen MR) is 170 cm³/mol. The fraction of sp³-hybridized carbons (Fsp3) is 0.733. The molecular weight excluding hydrogens is 616 g/mol. The van der Waals surface area contributed by atoms with E-state index in [1.165, 1.54) is 11.8 Å². The van der Waals surface area contributed by atoms with Crippen molar-refractivity contribution < 1.29 is 43.5 Å². The largest absolute Gasteiger partial charge is 0.480 e. The first-order chi connectivity index (χ1) is 21.9. The number of hydrogen-bond donors (Lipinski definition) is 8. The molecule has 9 N–H and O–H groups in total. The van der Waals surface area contributed by atoms with E-state index in [1.54, 1.807) is 27.7 Å². The number of hydrogen-bond acceptors (Lipinski definition) is 9. The number of likely N-dealkylation sites (tertiary alicyclic amines) is 1. The van der Waals surface area contributed by atoms with Crippen LogP contribution in [0.1, 0.15) is 67.7 Å². The first-order valence-electron chi connectivity index (χ1n) is 15.9. The van der Waals surface area contributed by atoms with Gasteiger partial charge in [-0.05, 0) is 43.9 Å². The van der Waals surface area contributed by atoms with Crippen molar-refractivity contribution in [1.29, 1.82) is 0 Å². The highest BCUT2D eigenvalue weighted by Gasteiger charge is 2.38. The molecule has 0 unspecified atom stereocenters. The van der Waals surface area contributed by atoms with Crippen molar-refractivity contribution in [3.63, 3.8) is 0 Å². The number of nitrogens with zero attached hydrogens (tertiary/aromatic N) is 1. The molecule has 266 valence electrons. The zero-order valence-electron chi connectivity index (χ0n) is 28.3. The van der Waals surface area contributed by atoms with Crippen LogP contribution < -0.4 is 37.6 Å². The molecule has 0 aliphatic carbocycles. The van der Waals surface area contributed by atoms with E-state index in [1.807, 2.05) is 13.8 Å². The summed E-state index contributed by atoms with van der Waals surface area (Å²) in [6.07, 6.45) is 1.08. The van der Waals surface area contributed by atoms with Gasteiger partial charge in [-0.3, -0.25) is 38.4 Å². The second-order valence-electron chi connectivity index (χ2n) is 12.7. The third-order valence-electron chi connectivity index (χ3n) is 7.47. The zero-order valence-corrected chi connectivity index (χ0v) is 28.3. The van der Waals surface area contributed by atoms with Gasteiger partial charge in [-0.25, -0.2) is 0 Å². The second kappa shape index (κ2) is 19.4. The molecule has 17 nitrogen and oxygen atoms in total. The van der Waals surface area contributed by atoms with E-state index in [0.717, 1.165) is 0 Å². The Hall–Kier alpha value is -4.28. The van der Waals surface area contributed by atoms with Crippen molar-refractivity contribution in [2.45, 2.75) is 97.9 Å². The third-order valence-corrected chi connectivity index (χ3v) is 7.47. The summed E-state index contributed by atoms with van der Waals surface area (Å²) in [6, 6.07) is -5.13. The number of nitrogens with two attached hydrogens (primary N) is 1. The van der Waals surface area contributed by atoms with Crippen molar-refractivity contribution in [3.8, 4) is 0 Å². The van der Waals surface area contributed by atoms with Gasteiger partial charge in [-0.15, -0.1) is 0 Å². The van der Waals surface area contributed by atoms with Gasteiger partial charge in [0, 0.05) is 6.54 Å². The molecule has 0 spiro atoms.